The molecule has 29 heavy (non-hydrogen) atoms. The third-order valence-electron chi connectivity index (χ3n) is 5.76. The van der Waals surface area contributed by atoms with Crippen molar-refractivity contribution >= 4 is 11.0 Å². The first-order chi connectivity index (χ1) is 14.1. The van der Waals surface area contributed by atoms with E-state index in [1.54, 1.807) is 13.2 Å². The van der Waals surface area contributed by atoms with Gasteiger partial charge in [0.1, 0.15) is 23.4 Å². The lowest BCUT2D eigenvalue weighted by molar-refractivity contribution is 0.105. The number of methoxy groups -OCH3 is 1. The van der Waals surface area contributed by atoms with Crippen molar-refractivity contribution in [3.63, 3.8) is 0 Å². The van der Waals surface area contributed by atoms with Crippen molar-refractivity contribution in [1.82, 2.24) is 10.1 Å². The first-order valence-corrected chi connectivity index (χ1v) is 10.4. The van der Waals surface area contributed by atoms with Crippen LogP contribution in [0.1, 0.15) is 51.3 Å². The first kappa shape index (κ1) is 20.0. The molecule has 2 atom stereocenters. The molecule has 0 amide bonds. The van der Waals surface area contributed by atoms with Gasteiger partial charge in [0.05, 0.1) is 24.8 Å². The summed E-state index contributed by atoms with van der Waals surface area (Å²) >= 11 is 0. The van der Waals surface area contributed by atoms with Gasteiger partial charge in [-0.05, 0) is 50.0 Å². The molecule has 0 bridgehead atoms. The number of hydrogen-bond acceptors (Lipinski definition) is 5. The summed E-state index contributed by atoms with van der Waals surface area (Å²) in [5.74, 6) is 0.644. The Kier molecular flexibility index (Phi) is 5.90. The van der Waals surface area contributed by atoms with Crippen LogP contribution in [0.3, 0.4) is 0 Å². The standard InChI is InChI=1S/C23H28FN2O3/c1-4-13-28-20-11-10-19(23(27-3)15(20)2)26-12-6-5-7-18(26)22-17-9-8-16(24)14-21(17)29-25-22/h8-11,14-15,18H,4-7,12-13H2,1-3H3. The number of likely N-dealkylation sites (tertiary alicyclic amines) is 1. The molecule has 1 fully saturated rings. The van der Waals surface area contributed by atoms with Crippen molar-refractivity contribution in [3.8, 4) is 0 Å². The second-order valence-corrected chi connectivity index (χ2v) is 7.67. The molecular formula is C23H28FN2O3. The maximum absolute atomic E-state index is 13.6. The van der Waals surface area contributed by atoms with Crippen molar-refractivity contribution in [3.05, 3.63) is 59.4 Å². The van der Waals surface area contributed by atoms with Crippen molar-refractivity contribution in [2.45, 2.75) is 45.6 Å². The molecule has 0 N–H and O–H groups in total. The quantitative estimate of drug-likeness (QED) is 0.640. The zero-order valence-corrected chi connectivity index (χ0v) is 17.3. The molecule has 155 valence electrons. The zero-order chi connectivity index (χ0) is 20.4. The van der Waals surface area contributed by atoms with Gasteiger partial charge in [0, 0.05) is 24.6 Å². The summed E-state index contributed by atoms with van der Waals surface area (Å²) < 4.78 is 30.8. The minimum atomic E-state index is -0.315. The zero-order valence-electron chi connectivity index (χ0n) is 17.3. The van der Waals surface area contributed by atoms with E-state index in [4.69, 9.17) is 14.0 Å². The van der Waals surface area contributed by atoms with Crippen LogP contribution >= 0.6 is 0 Å². The number of halogens is 1. The lowest BCUT2D eigenvalue weighted by atomic mass is 9.91. The van der Waals surface area contributed by atoms with Crippen LogP contribution in [0.2, 0.25) is 0 Å². The number of piperidine rings is 1. The average molecular weight is 399 g/mol. The summed E-state index contributed by atoms with van der Waals surface area (Å²) in [6.45, 7) is 5.82. The molecule has 2 unspecified atom stereocenters. The van der Waals surface area contributed by atoms with Gasteiger partial charge in [0.2, 0.25) is 0 Å². The monoisotopic (exact) mass is 399 g/mol. The number of rotatable bonds is 6. The van der Waals surface area contributed by atoms with E-state index in [0.717, 1.165) is 60.9 Å². The fourth-order valence-corrected chi connectivity index (χ4v) is 4.33. The number of allylic oxidation sites excluding steroid dienone is 1. The summed E-state index contributed by atoms with van der Waals surface area (Å²) in [6.07, 6.45) is 9.23. The van der Waals surface area contributed by atoms with Gasteiger partial charge in [0.25, 0.3) is 0 Å². The van der Waals surface area contributed by atoms with Gasteiger partial charge in [-0.25, -0.2) is 4.39 Å². The molecule has 0 spiro atoms. The second-order valence-electron chi connectivity index (χ2n) is 7.67. The topological polar surface area (TPSA) is 47.7 Å². The number of hydrogen-bond donors (Lipinski definition) is 0. The minimum absolute atomic E-state index is 0.0530. The number of aromatic nitrogens is 1. The van der Waals surface area contributed by atoms with Crippen LogP contribution in [-0.2, 0) is 9.47 Å². The highest BCUT2D eigenvalue weighted by molar-refractivity contribution is 5.79. The van der Waals surface area contributed by atoms with E-state index in [1.807, 2.05) is 0 Å². The van der Waals surface area contributed by atoms with E-state index < -0.39 is 0 Å². The molecule has 5 nitrogen and oxygen atoms in total. The van der Waals surface area contributed by atoms with E-state index in [9.17, 15) is 4.39 Å². The molecule has 1 radical (unpaired) electrons. The van der Waals surface area contributed by atoms with Crippen molar-refractivity contribution in [2.24, 2.45) is 5.92 Å². The van der Waals surface area contributed by atoms with Gasteiger partial charge in [-0.3, -0.25) is 0 Å². The van der Waals surface area contributed by atoms with E-state index in [1.165, 1.54) is 12.1 Å². The molecule has 2 aliphatic rings. The van der Waals surface area contributed by atoms with Crippen LogP contribution in [-0.4, -0.2) is 30.3 Å². The molecule has 1 aliphatic heterocycles. The van der Waals surface area contributed by atoms with Gasteiger partial charge in [-0.15, -0.1) is 0 Å². The maximum atomic E-state index is 13.6. The predicted octanol–water partition coefficient (Wildman–Crippen LogP) is 5.52. The smallest absolute Gasteiger partial charge is 0.170 e. The van der Waals surface area contributed by atoms with Gasteiger partial charge in [0.15, 0.2) is 5.58 Å². The molecule has 1 aliphatic carbocycles. The average Bonchev–Trinajstić information content (AvgIpc) is 3.15. The highest BCUT2D eigenvalue weighted by Crippen LogP contribution is 2.41. The van der Waals surface area contributed by atoms with Gasteiger partial charge in [-0.2, -0.15) is 0 Å². The van der Waals surface area contributed by atoms with Crippen LogP contribution < -0.4 is 0 Å². The largest absolute Gasteiger partial charge is 0.499 e. The van der Waals surface area contributed by atoms with Gasteiger partial charge >= 0.3 is 0 Å². The Bertz CT molecular complexity index is 920. The molecule has 1 aromatic carbocycles. The Balaban J connectivity index is 1.69. The number of nitrogens with zero attached hydrogens (tertiary/aromatic N) is 2. The molecular weight excluding hydrogens is 371 g/mol. The van der Waals surface area contributed by atoms with Crippen molar-refractivity contribution in [2.75, 3.05) is 20.3 Å². The molecule has 2 aromatic rings. The fraction of sp³-hybridized carbons (Fsp3) is 0.478. The Hall–Kier alpha value is -2.34. The molecule has 1 saturated heterocycles. The molecule has 2 heterocycles. The molecule has 0 saturated carbocycles. The van der Waals surface area contributed by atoms with Crippen molar-refractivity contribution in [1.29, 1.82) is 0 Å². The summed E-state index contributed by atoms with van der Waals surface area (Å²) in [7, 11) is 1.72. The highest BCUT2D eigenvalue weighted by Gasteiger charge is 2.35. The van der Waals surface area contributed by atoms with Crippen LogP contribution in [0.5, 0.6) is 0 Å². The van der Waals surface area contributed by atoms with E-state index in [-0.39, 0.29) is 17.8 Å². The Morgan fingerprint density at radius 3 is 2.93 bits per heavy atom. The van der Waals surface area contributed by atoms with E-state index in [0.29, 0.717) is 12.2 Å². The van der Waals surface area contributed by atoms with Crippen LogP contribution in [0.4, 0.5) is 4.39 Å². The maximum Gasteiger partial charge on any atom is 0.170 e. The minimum Gasteiger partial charge on any atom is -0.499 e. The fourth-order valence-electron chi connectivity index (χ4n) is 4.33. The summed E-state index contributed by atoms with van der Waals surface area (Å²) in [5.41, 5.74) is 2.41. The second kappa shape index (κ2) is 8.57. The molecule has 1 aromatic heterocycles. The van der Waals surface area contributed by atoms with Crippen LogP contribution in [0, 0.1) is 17.8 Å². The Labute approximate surface area is 171 Å². The number of benzene rings is 1. The lowest BCUT2D eigenvalue weighted by Crippen LogP contribution is -2.35. The third-order valence-corrected chi connectivity index (χ3v) is 5.76. The Morgan fingerprint density at radius 1 is 1.28 bits per heavy atom. The predicted molar refractivity (Wildman–Crippen MR) is 109 cm³/mol. The molecule has 6 heteroatoms. The third kappa shape index (κ3) is 3.78. The van der Waals surface area contributed by atoms with E-state index in [2.05, 4.69) is 36.1 Å². The van der Waals surface area contributed by atoms with Crippen LogP contribution in [0.25, 0.3) is 11.0 Å². The van der Waals surface area contributed by atoms with Crippen molar-refractivity contribution < 1.29 is 18.4 Å². The van der Waals surface area contributed by atoms with E-state index >= 15 is 0 Å². The SMILES string of the molecule is CCCO[C]1C=CC(N2CCCCC2c2noc3cc(F)ccc23)=C(OC)C1C. The summed E-state index contributed by atoms with van der Waals surface area (Å²) in [6, 6.07) is 4.68. The highest BCUT2D eigenvalue weighted by atomic mass is 19.1. The van der Waals surface area contributed by atoms with Gasteiger partial charge < -0.3 is 18.9 Å². The first-order valence-electron chi connectivity index (χ1n) is 10.4. The summed E-state index contributed by atoms with van der Waals surface area (Å²) in [4.78, 5) is 2.35. The summed E-state index contributed by atoms with van der Waals surface area (Å²) in [5, 5.41) is 5.20. The normalized spacial score (nSPS) is 23.2. The molecule has 4 rings (SSSR count). The van der Waals surface area contributed by atoms with Gasteiger partial charge in [-0.1, -0.05) is 19.0 Å². The van der Waals surface area contributed by atoms with Crippen LogP contribution in [0.15, 0.2) is 46.3 Å². The number of ether oxygens (including phenoxy) is 2. The number of fused-ring (bicyclic) bond motifs is 1. The Morgan fingerprint density at radius 2 is 2.14 bits per heavy atom. The lowest BCUT2D eigenvalue weighted by Gasteiger charge is -2.40.